The molecule has 1 saturated heterocycles. The molecule has 0 radical (unpaired) electrons. The van der Waals surface area contributed by atoms with E-state index < -0.39 is 38.1 Å². The molecular formula is C25H21FN2O4S. The van der Waals surface area contributed by atoms with Crippen LogP contribution in [-0.2, 0) is 30.8 Å². The molecule has 0 bridgehead atoms. The lowest BCUT2D eigenvalue weighted by Gasteiger charge is -2.32. The second-order valence-corrected chi connectivity index (χ2v) is 10.6. The first-order valence-electron chi connectivity index (χ1n) is 10.5. The molecule has 168 valence electrons. The van der Waals surface area contributed by atoms with Gasteiger partial charge in [-0.1, -0.05) is 48.0 Å². The van der Waals surface area contributed by atoms with Gasteiger partial charge in [0.05, 0.1) is 12.2 Å². The van der Waals surface area contributed by atoms with Crippen molar-refractivity contribution in [3.8, 4) is 0 Å². The summed E-state index contributed by atoms with van der Waals surface area (Å²) in [5.74, 6) is -2.97. The Morgan fingerprint density at radius 1 is 0.970 bits per heavy atom. The summed E-state index contributed by atoms with van der Waals surface area (Å²) in [5.41, 5.74) is 3.49. The molecule has 1 atom stereocenters. The van der Waals surface area contributed by atoms with Crippen molar-refractivity contribution < 1.29 is 22.4 Å². The van der Waals surface area contributed by atoms with Gasteiger partial charge >= 0.3 is 0 Å². The highest BCUT2D eigenvalue weighted by Crippen LogP contribution is 2.52. The molecule has 2 aliphatic heterocycles. The number of para-hydroxylation sites is 1. The third-order valence-corrected chi connectivity index (χ3v) is 8.43. The largest absolute Gasteiger partial charge is 0.304 e. The van der Waals surface area contributed by atoms with Gasteiger partial charge in [-0.25, -0.2) is 12.8 Å². The van der Waals surface area contributed by atoms with Gasteiger partial charge in [0.25, 0.3) is 10.8 Å². The van der Waals surface area contributed by atoms with Gasteiger partial charge in [-0.15, -0.1) is 0 Å². The summed E-state index contributed by atoms with van der Waals surface area (Å²) in [5, 5.41) is 0. The average molecular weight is 465 g/mol. The zero-order valence-corrected chi connectivity index (χ0v) is 18.9. The lowest BCUT2D eigenvalue weighted by Crippen LogP contribution is -2.54. The summed E-state index contributed by atoms with van der Waals surface area (Å²) < 4.78 is 41.2. The van der Waals surface area contributed by atoms with Crippen molar-refractivity contribution in [3.63, 3.8) is 0 Å². The summed E-state index contributed by atoms with van der Waals surface area (Å²) in [6.07, 6.45) is 0. The molecule has 3 aromatic carbocycles. The monoisotopic (exact) mass is 464 g/mol. The van der Waals surface area contributed by atoms with E-state index in [2.05, 4.69) is 0 Å². The normalized spacial score (nSPS) is 21.2. The molecule has 1 spiro atoms. The minimum Gasteiger partial charge on any atom is -0.304 e. The molecule has 2 heterocycles. The predicted octanol–water partition coefficient (Wildman–Crippen LogP) is 3.60. The first-order chi connectivity index (χ1) is 15.7. The topological polar surface area (TPSA) is 74.8 Å². The Hall–Kier alpha value is -3.52. The highest BCUT2D eigenvalue weighted by atomic mass is 32.2. The number of hydrogen-bond donors (Lipinski definition) is 0. The van der Waals surface area contributed by atoms with E-state index in [1.807, 2.05) is 32.0 Å². The number of sulfone groups is 1. The molecule has 2 amide bonds. The van der Waals surface area contributed by atoms with Crippen LogP contribution in [0.1, 0.15) is 22.3 Å². The third-order valence-electron chi connectivity index (χ3n) is 6.32. The summed E-state index contributed by atoms with van der Waals surface area (Å²) >= 11 is 0. The van der Waals surface area contributed by atoms with Crippen LogP contribution in [0, 0.1) is 19.7 Å². The Morgan fingerprint density at radius 2 is 1.73 bits per heavy atom. The molecule has 6 nitrogen and oxygen atoms in total. The summed E-state index contributed by atoms with van der Waals surface area (Å²) in [6, 6.07) is 17.5. The van der Waals surface area contributed by atoms with Crippen molar-refractivity contribution in [1.29, 1.82) is 0 Å². The molecule has 5 rings (SSSR count). The molecule has 2 aliphatic rings. The van der Waals surface area contributed by atoms with Crippen LogP contribution in [0.25, 0.3) is 0 Å². The first-order valence-corrected chi connectivity index (χ1v) is 12.1. The fourth-order valence-electron chi connectivity index (χ4n) is 4.80. The molecule has 0 N–H and O–H groups in total. The van der Waals surface area contributed by atoms with Crippen LogP contribution in [0.4, 0.5) is 15.8 Å². The van der Waals surface area contributed by atoms with Crippen molar-refractivity contribution in [1.82, 2.24) is 0 Å². The standard InChI is InChI=1S/C25H21FN2O4S/c1-16-10-11-17(2)18(12-16)14-27-22-9-4-3-8-21(22)25(24(27)30)28(23(29)15-33(25,31)32)20-7-5-6-19(26)13-20/h3-13H,14-15H2,1-2H3. The molecule has 1 fully saturated rings. The lowest BCUT2D eigenvalue weighted by molar-refractivity contribution is -0.123. The number of carbonyl (C=O) groups is 2. The minimum atomic E-state index is -4.29. The second kappa shape index (κ2) is 7.25. The van der Waals surface area contributed by atoms with Crippen LogP contribution in [0.2, 0.25) is 0 Å². The number of halogens is 1. The van der Waals surface area contributed by atoms with Crippen LogP contribution >= 0.6 is 0 Å². The Kier molecular flexibility index (Phi) is 4.68. The van der Waals surface area contributed by atoms with Crippen LogP contribution in [0.3, 0.4) is 0 Å². The highest BCUT2D eigenvalue weighted by molar-refractivity contribution is 7.94. The maximum absolute atomic E-state index is 14.1. The molecule has 33 heavy (non-hydrogen) atoms. The van der Waals surface area contributed by atoms with E-state index in [1.54, 1.807) is 24.3 Å². The summed E-state index contributed by atoms with van der Waals surface area (Å²) in [6.45, 7) is 4.01. The van der Waals surface area contributed by atoms with E-state index in [1.165, 1.54) is 23.1 Å². The number of benzene rings is 3. The summed E-state index contributed by atoms with van der Waals surface area (Å²) in [7, 11) is -4.29. The second-order valence-electron chi connectivity index (χ2n) is 8.45. The van der Waals surface area contributed by atoms with E-state index in [4.69, 9.17) is 0 Å². The molecule has 0 saturated carbocycles. The molecule has 0 aromatic heterocycles. The fourth-order valence-corrected chi connectivity index (χ4v) is 6.84. The highest BCUT2D eigenvalue weighted by Gasteiger charge is 2.69. The number of anilines is 2. The van der Waals surface area contributed by atoms with Crippen molar-refractivity contribution in [2.45, 2.75) is 25.3 Å². The number of nitrogens with zero attached hydrogens (tertiary/aromatic N) is 2. The van der Waals surface area contributed by atoms with E-state index in [0.29, 0.717) is 5.69 Å². The number of aryl methyl sites for hydroxylation is 2. The van der Waals surface area contributed by atoms with Crippen LogP contribution in [0.5, 0.6) is 0 Å². The number of hydrogen-bond acceptors (Lipinski definition) is 4. The fraction of sp³-hybridized carbons (Fsp3) is 0.200. The third kappa shape index (κ3) is 2.94. The Labute approximate surface area is 191 Å². The van der Waals surface area contributed by atoms with Gasteiger partial charge in [0.1, 0.15) is 11.6 Å². The van der Waals surface area contributed by atoms with E-state index in [-0.39, 0.29) is 17.8 Å². The van der Waals surface area contributed by atoms with Gasteiger partial charge in [0.2, 0.25) is 5.91 Å². The van der Waals surface area contributed by atoms with Crippen molar-refractivity contribution >= 4 is 33.0 Å². The lowest BCUT2D eigenvalue weighted by atomic mass is 10.0. The quantitative estimate of drug-likeness (QED) is 0.594. The maximum Gasteiger partial charge on any atom is 0.274 e. The van der Waals surface area contributed by atoms with E-state index >= 15 is 0 Å². The minimum absolute atomic E-state index is 0.0258. The van der Waals surface area contributed by atoms with Gasteiger partial charge in [0, 0.05) is 11.3 Å². The van der Waals surface area contributed by atoms with Gasteiger partial charge in [-0.05, 0) is 49.2 Å². The van der Waals surface area contributed by atoms with Gasteiger partial charge in [-0.2, -0.15) is 0 Å². The van der Waals surface area contributed by atoms with E-state index in [0.717, 1.165) is 27.7 Å². The SMILES string of the molecule is Cc1ccc(C)c(CN2C(=O)C3(c4ccccc42)N(c2cccc(F)c2)C(=O)CS3(=O)=O)c1. The van der Waals surface area contributed by atoms with Crippen molar-refractivity contribution in [2.24, 2.45) is 0 Å². The predicted molar refractivity (Wildman–Crippen MR) is 123 cm³/mol. The number of carbonyl (C=O) groups excluding carboxylic acids is 2. The summed E-state index contributed by atoms with van der Waals surface area (Å²) in [4.78, 5) is 27.2. The zero-order valence-electron chi connectivity index (χ0n) is 18.1. The Balaban J connectivity index is 1.75. The first kappa shape index (κ1) is 21.3. The van der Waals surface area contributed by atoms with Crippen molar-refractivity contribution in [3.05, 3.63) is 94.8 Å². The molecule has 8 heteroatoms. The smallest absolute Gasteiger partial charge is 0.274 e. The van der Waals surface area contributed by atoms with Crippen molar-refractivity contribution in [2.75, 3.05) is 15.6 Å². The molecule has 1 unspecified atom stereocenters. The number of rotatable bonds is 3. The zero-order chi connectivity index (χ0) is 23.5. The number of fused-ring (bicyclic) bond motifs is 2. The molecular weight excluding hydrogens is 443 g/mol. The molecule has 0 aliphatic carbocycles. The Bertz CT molecular complexity index is 1440. The average Bonchev–Trinajstić information content (AvgIpc) is 3.13. The van der Waals surface area contributed by atoms with Gasteiger partial charge in [0.15, 0.2) is 9.84 Å². The van der Waals surface area contributed by atoms with Crippen LogP contribution in [0.15, 0.2) is 66.7 Å². The van der Waals surface area contributed by atoms with E-state index in [9.17, 15) is 22.4 Å². The maximum atomic E-state index is 14.1. The van der Waals surface area contributed by atoms with Crippen LogP contribution in [-0.4, -0.2) is 26.0 Å². The van der Waals surface area contributed by atoms with Gasteiger partial charge in [-0.3, -0.25) is 14.5 Å². The molecule has 3 aromatic rings. The Morgan fingerprint density at radius 3 is 2.48 bits per heavy atom. The van der Waals surface area contributed by atoms with Crippen LogP contribution < -0.4 is 9.80 Å². The van der Waals surface area contributed by atoms with Gasteiger partial charge < -0.3 is 4.90 Å². The number of amides is 2.